The van der Waals surface area contributed by atoms with E-state index in [0.29, 0.717) is 40.5 Å². The molecule has 2 atom stereocenters. The van der Waals surface area contributed by atoms with Crippen LogP contribution in [0.4, 0.5) is 21.0 Å². The molecule has 224 valence electrons. The van der Waals surface area contributed by atoms with Crippen molar-refractivity contribution < 1.29 is 33.4 Å². The smallest absolute Gasteiger partial charge is 0.412 e. The van der Waals surface area contributed by atoms with Crippen LogP contribution in [0.2, 0.25) is 5.02 Å². The van der Waals surface area contributed by atoms with Crippen LogP contribution in [0.15, 0.2) is 72.8 Å². The number of ether oxygens (including phenoxy) is 3. The van der Waals surface area contributed by atoms with E-state index in [9.17, 15) is 19.2 Å². The molecule has 3 N–H and O–H groups in total. The zero-order chi connectivity index (χ0) is 30.4. The number of nitrogens with one attached hydrogen (secondary N) is 3. The van der Waals surface area contributed by atoms with Gasteiger partial charge in [0, 0.05) is 48.3 Å². The Morgan fingerprint density at radius 2 is 1.84 bits per heavy atom. The number of halogens is 1. The van der Waals surface area contributed by atoms with Gasteiger partial charge in [-0.15, -0.1) is 0 Å². The van der Waals surface area contributed by atoms with E-state index in [2.05, 4.69) is 16.0 Å². The Labute approximate surface area is 253 Å². The number of amides is 4. The molecule has 0 radical (unpaired) electrons. The summed E-state index contributed by atoms with van der Waals surface area (Å²) in [6.07, 6.45) is -0.602. The lowest BCUT2D eigenvalue weighted by Gasteiger charge is -2.35. The molecule has 5 rings (SSSR count). The average Bonchev–Trinajstić information content (AvgIpc) is 3.42. The normalized spacial score (nSPS) is 17.8. The highest BCUT2D eigenvalue weighted by molar-refractivity contribution is 6.30. The molecule has 1 unspecified atom stereocenters. The summed E-state index contributed by atoms with van der Waals surface area (Å²) in [4.78, 5) is 53.2. The number of fused-ring (bicyclic) bond motifs is 2. The van der Waals surface area contributed by atoms with Gasteiger partial charge in [0.1, 0.15) is 12.6 Å². The van der Waals surface area contributed by atoms with Crippen LogP contribution in [-0.4, -0.2) is 68.4 Å². The molecule has 12 heteroatoms. The van der Waals surface area contributed by atoms with Crippen LogP contribution in [0, 0.1) is 0 Å². The zero-order valence-corrected chi connectivity index (χ0v) is 24.2. The first-order valence-corrected chi connectivity index (χ1v) is 14.1. The van der Waals surface area contributed by atoms with Crippen LogP contribution in [0.3, 0.4) is 0 Å². The lowest BCUT2D eigenvalue weighted by Crippen LogP contribution is -2.50. The number of rotatable bonds is 9. The predicted molar refractivity (Wildman–Crippen MR) is 159 cm³/mol. The fourth-order valence-corrected chi connectivity index (χ4v) is 5.40. The number of hydrogen-bond acceptors (Lipinski definition) is 7. The summed E-state index contributed by atoms with van der Waals surface area (Å²) < 4.78 is 15.6. The van der Waals surface area contributed by atoms with Crippen LogP contribution in [0.5, 0.6) is 0 Å². The van der Waals surface area contributed by atoms with E-state index in [1.807, 2.05) is 30.3 Å². The van der Waals surface area contributed by atoms with Crippen molar-refractivity contribution in [2.75, 3.05) is 44.0 Å². The second kappa shape index (κ2) is 13.1. The first-order valence-electron chi connectivity index (χ1n) is 13.7. The van der Waals surface area contributed by atoms with E-state index >= 15 is 0 Å². The van der Waals surface area contributed by atoms with Crippen molar-refractivity contribution in [3.63, 3.8) is 0 Å². The van der Waals surface area contributed by atoms with Gasteiger partial charge in [0.15, 0.2) is 5.60 Å². The Kier molecular flexibility index (Phi) is 9.13. The zero-order valence-electron chi connectivity index (χ0n) is 23.4. The van der Waals surface area contributed by atoms with Gasteiger partial charge in [-0.3, -0.25) is 20.2 Å². The third-order valence-electron chi connectivity index (χ3n) is 7.34. The highest BCUT2D eigenvalue weighted by Crippen LogP contribution is 2.43. The molecule has 3 aromatic carbocycles. The Hall–Kier alpha value is -4.61. The SMILES string of the molecule is COCCOC(=O)Nc1ccc(C(=O)N[C@@H](Cc2ccccc2)C(=O)N2CCC3(C2)OC(=O)Nc2ccc(Cl)cc23)cc1. The van der Waals surface area contributed by atoms with Gasteiger partial charge in [-0.1, -0.05) is 41.9 Å². The maximum Gasteiger partial charge on any atom is 0.412 e. The molecule has 1 saturated heterocycles. The maximum absolute atomic E-state index is 13.9. The summed E-state index contributed by atoms with van der Waals surface area (Å²) in [6, 6.07) is 19.9. The second-order valence-corrected chi connectivity index (χ2v) is 10.7. The summed E-state index contributed by atoms with van der Waals surface area (Å²) in [5.74, 6) is -0.757. The molecule has 43 heavy (non-hydrogen) atoms. The third kappa shape index (κ3) is 7.07. The van der Waals surface area contributed by atoms with Gasteiger partial charge in [-0.2, -0.15) is 0 Å². The fraction of sp³-hybridized carbons (Fsp3) is 0.290. The summed E-state index contributed by atoms with van der Waals surface area (Å²) in [5.41, 5.74) is 1.85. The lowest BCUT2D eigenvalue weighted by atomic mass is 9.90. The van der Waals surface area contributed by atoms with Gasteiger partial charge < -0.3 is 24.4 Å². The molecule has 2 aliphatic heterocycles. The van der Waals surface area contributed by atoms with Gasteiger partial charge in [0.2, 0.25) is 5.91 Å². The van der Waals surface area contributed by atoms with E-state index < -0.39 is 29.7 Å². The van der Waals surface area contributed by atoms with Crippen molar-refractivity contribution in [3.8, 4) is 0 Å². The van der Waals surface area contributed by atoms with Crippen molar-refractivity contribution in [2.24, 2.45) is 0 Å². The molecule has 0 saturated carbocycles. The van der Waals surface area contributed by atoms with E-state index in [1.165, 1.54) is 7.11 Å². The number of likely N-dealkylation sites (tertiary alicyclic amines) is 1. The Balaban J connectivity index is 1.31. The van der Waals surface area contributed by atoms with E-state index in [0.717, 1.165) is 5.56 Å². The van der Waals surface area contributed by atoms with Gasteiger partial charge in [0.25, 0.3) is 5.91 Å². The molecule has 1 fully saturated rings. The molecule has 1 spiro atoms. The third-order valence-corrected chi connectivity index (χ3v) is 7.58. The minimum Gasteiger partial charge on any atom is -0.447 e. The van der Waals surface area contributed by atoms with Gasteiger partial charge in [0.05, 0.1) is 18.8 Å². The van der Waals surface area contributed by atoms with Crippen molar-refractivity contribution in [1.82, 2.24) is 10.2 Å². The molecule has 4 amide bonds. The Morgan fingerprint density at radius 1 is 1.07 bits per heavy atom. The molecular formula is C31H31ClN4O7. The van der Waals surface area contributed by atoms with Crippen molar-refractivity contribution in [1.29, 1.82) is 0 Å². The van der Waals surface area contributed by atoms with Gasteiger partial charge >= 0.3 is 12.2 Å². The molecular weight excluding hydrogens is 576 g/mol. The van der Waals surface area contributed by atoms with Crippen LogP contribution in [0.25, 0.3) is 0 Å². The molecule has 0 bridgehead atoms. The average molecular weight is 607 g/mol. The topological polar surface area (TPSA) is 135 Å². The summed E-state index contributed by atoms with van der Waals surface area (Å²) in [6.45, 7) is 0.823. The maximum atomic E-state index is 13.9. The number of benzene rings is 3. The highest BCUT2D eigenvalue weighted by atomic mass is 35.5. The molecule has 0 aliphatic carbocycles. The summed E-state index contributed by atoms with van der Waals surface area (Å²) in [7, 11) is 1.51. The molecule has 2 aliphatic rings. The van der Waals surface area contributed by atoms with E-state index in [1.54, 1.807) is 47.4 Å². The van der Waals surface area contributed by atoms with Crippen LogP contribution < -0.4 is 16.0 Å². The number of anilines is 2. The summed E-state index contributed by atoms with van der Waals surface area (Å²) >= 11 is 6.26. The Morgan fingerprint density at radius 3 is 2.58 bits per heavy atom. The van der Waals surface area contributed by atoms with E-state index in [4.69, 9.17) is 25.8 Å². The van der Waals surface area contributed by atoms with Crippen molar-refractivity contribution >= 4 is 47.0 Å². The first kappa shape index (κ1) is 29.9. The van der Waals surface area contributed by atoms with E-state index in [-0.39, 0.29) is 32.1 Å². The quantitative estimate of drug-likeness (QED) is 0.304. The lowest BCUT2D eigenvalue weighted by molar-refractivity contribution is -0.133. The van der Waals surface area contributed by atoms with Crippen LogP contribution in [-0.2, 0) is 31.0 Å². The van der Waals surface area contributed by atoms with Crippen molar-refractivity contribution in [3.05, 3.63) is 94.5 Å². The Bertz CT molecular complexity index is 1500. The number of carbonyl (C=O) groups excluding carboxylic acids is 4. The van der Waals surface area contributed by atoms with Crippen LogP contribution in [0.1, 0.15) is 27.9 Å². The molecule has 3 aromatic rings. The minimum atomic E-state index is -1.05. The highest BCUT2D eigenvalue weighted by Gasteiger charge is 2.49. The number of methoxy groups -OCH3 is 1. The molecule has 11 nitrogen and oxygen atoms in total. The minimum absolute atomic E-state index is 0.109. The number of hydrogen-bond donors (Lipinski definition) is 3. The first-order chi connectivity index (χ1) is 20.8. The molecule has 2 heterocycles. The monoisotopic (exact) mass is 606 g/mol. The number of carbonyl (C=O) groups is 4. The molecule has 0 aromatic heterocycles. The van der Waals surface area contributed by atoms with Crippen molar-refractivity contribution in [2.45, 2.75) is 24.5 Å². The van der Waals surface area contributed by atoms with Gasteiger partial charge in [-0.25, -0.2) is 9.59 Å². The van der Waals surface area contributed by atoms with Gasteiger partial charge in [-0.05, 0) is 48.0 Å². The standard InChI is InChI=1S/C31H31ClN4O7/c1-41-15-16-42-29(39)33-23-10-7-21(8-11-23)27(37)34-26(17-20-5-3-2-4-6-20)28(38)36-14-13-31(19-36)24-18-22(32)9-12-25(24)35-30(40)43-31/h2-12,18,26H,13-17,19H2,1H3,(H,33,39)(H,34,37)(H,35,40)/t26-,31?/m0/s1. The second-order valence-electron chi connectivity index (χ2n) is 10.3. The largest absolute Gasteiger partial charge is 0.447 e. The fourth-order valence-electron chi connectivity index (χ4n) is 5.23. The summed E-state index contributed by atoms with van der Waals surface area (Å²) in [5, 5.41) is 8.64. The van der Waals surface area contributed by atoms with Crippen LogP contribution >= 0.6 is 11.6 Å². The number of nitrogens with zero attached hydrogens (tertiary/aromatic N) is 1. The predicted octanol–water partition coefficient (Wildman–Crippen LogP) is 4.57.